The highest BCUT2D eigenvalue weighted by molar-refractivity contribution is 6.33. The zero-order valence-electron chi connectivity index (χ0n) is 9.96. The van der Waals surface area contributed by atoms with Gasteiger partial charge in [-0.25, -0.2) is 13.5 Å². The number of aromatic nitrogens is 2. The maximum atomic E-state index is 13.8. The third-order valence-corrected chi connectivity index (χ3v) is 3.15. The van der Waals surface area contributed by atoms with Gasteiger partial charge in [0.15, 0.2) is 0 Å². The van der Waals surface area contributed by atoms with E-state index < -0.39 is 23.7 Å². The summed E-state index contributed by atoms with van der Waals surface area (Å²) in [4.78, 5) is 0. The number of alkyl halides is 2. The van der Waals surface area contributed by atoms with E-state index >= 15 is 0 Å². The molecule has 0 aliphatic carbocycles. The Morgan fingerprint density at radius 1 is 1.30 bits per heavy atom. The summed E-state index contributed by atoms with van der Waals surface area (Å²) in [6.45, 7) is -1.67. The second-order valence-electron chi connectivity index (χ2n) is 3.89. The summed E-state index contributed by atoms with van der Waals surface area (Å²) in [5, 5.41) is 11.9. The predicted molar refractivity (Wildman–Crippen MR) is 63.3 cm³/mol. The standard InChI is InChI=1S/C12H6ClF4N3/c1-5-10(13)11(19-20(5)12(16)17)7-3-8(14)6(4-18)2-9(7)15/h2-3,12H,1H3. The second-order valence-corrected chi connectivity index (χ2v) is 4.27. The highest BCUT2D eigenvalue weighted by Gasteiger charge is 2.22. The van der Waals surface area contributed by atoms with E-state index in [1.165, 1.54) is 13.0 Å². The van der Waals surface area contributed by atoms with E-state index in [0.29, 0.717) is 16.8 Å². The van der Waals surface area contributed by atoms with Crippen LogP contribution >= 0.6 is 11.6 Å². The highest BCUT2D eigenvalue weighted by atomic mass is 35.5. The van der Waals surface area contributed by atoms with Gasteiger partial charge in [0.25, 0.3) is 0 Å². The third kappa shape index (κ3) is 2.23. The van der Waals surface area contributed by atoms with Crippen molar-refractivity contribution in [1.82, 2.24) is 9.78 Å². The lowest BCUT2D eigenvalue weighted by molar-refractivity contribution is 0.0546. The van der Waals surface area contributed by atoms with Gasteiger partial charge in [0.2, 0.25) is 0 Å². The molecule has 2 aromatic rings. The van der Waals surface area contributed by atoms with Crippen LogP contribution in [0.15, 0.2) is 12.1 Å². The molecule has 0 bridgehead atoms. The largest absolute Gasteiger partial charge is 0.333 e. The van der Waals surface area contributed by atoms with Crippen LogP contribution in [0.1, 0.15) is 17.8 Å². The summed E-state index contributed by atoms with van der Waals surface area (Å²) in [5.41, 5.74) is -1.24. The number of rotatable bonds is 2. The monoisotopic (exact) mass is 303 g/mol. The molecule has 0 saturated carbocycles. The molecule has 0 fully saturated rings. The smallest absolute Gasteiger partial charge is 0.207 e. The summed E-state index contributed by atoms with van der Waals surface area (Å²) >= 11 is 5.82. The molecule has 1 aromatic carbocycles. The van der Waals surface area contributed by atoms with Crippen LogP contribution in [0.3, 0.4) is 0 Å². The molecule has 1 aromatic heterocycles. The highest BCUT2D eigenvalue weighted by Crippen LogP contribution is 2.34. The van der Waals surface area contributed by atoms with Crippen molar-refractivity contribution < 1.29 is 17.6 Å². The van der Waals surface area contributed by atoms with Crippen LogP contribution in [0.5, 0.6) is 0 Å². The predicted octanol–water partition coefficient (Wildman–Crippen LogP) is 4.06. The Morgan fingerprint density at radius 3 is 2.45 bits per heavy atom. The average Bonchev–Trinajstić information content (AvgIpc) is 2.69. The van der Waals surface area contributed by atoms with Gasteiger partial charge in [-0.1, -0.05) is 11.6 Å². The maximum absolute atomic E-state index is 13.8. The van der Waals surface area contributed by atoms with Gasteiger partial charge in [0, 0.05) is 5.56 Å². The van der Waals surface area contributed by atoms with E-state index in [-0.39, 0.29) is 22.0 Å². The molecule has 0 spiro atoms. The quantitative estimate of drug-likeness (QED) is 0.785. The van der Waals surface area contributed by atoms with E-state index in [1.54, 1.807) is 0 Å². The molecule has 20 heavy (non-hydrogen) atoms. The zero-order valence-corrected chi connectivity index (χ0v) is 10.7. The van der Waals surface area contributed by atoms with Gasteiger partial charge in [-0.3, -0.25) is 0 Å². The van der Waals surface area contributed by atoms with Crippen molar-refractivity contribution in [2.24, 2.45) is 0 Å². The van der Waals surface area contributed by atoms with Crippen molar-refractivity contribution in [3.05, 3.63) is 40.0 Å². The summed E-state index contributed by atoms with van der Waals surface area (Å²) in [5.74, 6) is -1.95. The van der Waals surface area contributed by atoms with E-state index in [9.17, 15) is 17.6 Å². The van der Waals surface area contributed by atoms with Crippen molar-refractivity contribution >= 4 is 11.6 Å². The molecule has 3 nitrogen and oxygen atoms in total. The Labute approximate surface area is 116 Å². The van der Waals surface area contributed by atoms with Gasteiger partial charge in [0.1, 0.15) is 23.4 Å². The fourth-order valence-corrected chi connectivity index (χ4v) is 1.90. The fourth-order valence-electron chi connectivity index (χ4n) is 1.67. The first-order valence-corrected chi connectivity index (χ1v) is 5.67. The first kappa shape index (κ1) is 14.3. The van der Waals surface area contributed by atoms with Crippen molar-refractivity contribution in [1.29, 1.82) is 5.26 Å². The van der Waals surface area contributed by atoms with E-state index in [2.05, 4.69) is 5.10 Å². The summed E-state index contributed by atoms with van der Waals surface area (Å²) in [6.07, 6.45) is 0. The molecule has 104 valence electrons. The normalized spacial score (nSPS) is 10.9. The average molecular weight is 304 g/mol. The second kappa shape index (κ2) is 5.13. The Morgan fingerprint density at radius 2 is 1.95 bits per heavy atom. The van der Waals surface area contributed by atoms with Crippen molar-refractivity contribution in [2.45, 2.75) is 13.5 Å². The molecule has 0 N–H and O–H groups in total. The Hall–Kier alpha value is -2.07. The minimum atomic E-state index is -2.95. The van der Waals surface area contributed by atoms with Crippen LogP contribution in [-0.2, 0) is 0 Å². The van der Waals surface area contributed by atoms with Gasteiger partial charge < -0.3 is 0 Å². The van der Waals surface area contributed by atoms with Gasteiger partial charge in [0.05, 0.1) is 16.3 Å². The number of hydrogen-bond acceptors (Lipinski definition) is 2. The number of benzene rings is 1. The fraction of sp³-hybridized carbons (Fsp3) is 0.167. The molecule has 0 radical (unpaired) electrons. The molecular formula is C12H6ClF4N3. The minimum absolute atomic E-state index is 0.0687. The number of nitriles is 1. The summed E-state index contributed by atoms with van der Waals surface area (Å²) in [6, 6.07) is 2.84. The van der Waals surface area contributed by atoms with Crippen LogP contribution < -0.4 is 0 Å². The molecule has 0 aliphatic heterocycles. The first-order chi connectivity index (χ1) is 9.36. The Balaban J connectivity index is 2.67. The SMILES string of the molecule is Cc1c(Cl)c(-c2cc(F)c(C#N)cc2F)nn1C(F)F. The Kier molecular flexibility index (Phi) is 3.68. The van der Waals surface area contributed by atoms with Crippen LogP contribution in [0.25, 0.3) is 11.3 Å². The Bertz CT molecular complexity index is 718. The molecule has 0 unspecified atom stereocenters. The van der Waals surface area contributed by atoms with Gasteiger partial charge in [-0.05, 0) is 19.1 Å². The molecule has 2 rings (SSSR count). The first-order valence-electron chi connectivity index (χ1n) is 5.29. The number of hydrogen-bond donors (Lipinski definition) is 0. The number of halogens is 5. The molecule has 0 atom stereocenters. The molecule has 0 aliphatic rings. The minimum Gasteiger partial charge on any atom is -0.207 e. The molecule has 1 heterocycles. The van der Waals surface area contributed by atoms with E-state index in [1.807, 2.05) is 0 Å². The van der Waals surface area contributed by atoms with Gasteiger partial charge in [-0.2, -0.15) is 19.1 Å². The number of nitrogens with zero attached hydrogens (tertiary/aromatic N) is 3. The molecule has 0 amide bonds. The van der Waals surface area contributed by atoms with Gasteiger partial charge >= 0.3 is 6.55 Å². The van der Waals surface area contributed by atoms with Gasteiger partial charge in [-0.15, -0.1) is 0 Å². The van der Waals surface area contributed by atoms with Crippen molar-refractivity contribution in [3.63, 3.8) is 0 Å². The summed E-state index contributed by atoms with van der Waals surface area (Å²) < 4.78 is 53.0. The topological polar surface area (TPSA) is 41.6 Å². The van der Waals surface area contributed by atoms with E-state index in [4.69, 9.17) is 16.9 Å². The molecular weight excluding hydrogens is 298 g/mol. The lowest BCUT2D eigenvalue weighted by Gasteiger charge is -2.02. The lowest BCUT2D eigenvalue weighted by atomic mass is 10.1. The van der Waals surface area contributed by atoms with Crippen molar-refractivity contribution in [3.8, 4) is 17.3 Å². The van der Waals surface area contributed by atoms with E-state index in [0.717, 1.165) is 0 Å². The molecule has 0 saturated heterocycles. The molecule has 8 heteroatoms. The van der Waals surface area contributed by atoms with Crippen LogP contribution in [0, 0.1) is 29.9 Å². The van der Waals surface area contributed by atoms with Crippen LogP contribution in [0.2, 0.25) is 5.02 Å². The van der Waals surface area contributed by atoms with Crippen molar-refractivity contribution in [2.75, 3.05) is 0 Å². The third-order valence-electron chi connectivity index (χ3n) is 2.69. The van der Waals surface area contributed by atoms with Crippen LogP contribution in [0.4, 0.5) is 17.6 Å². The summed E-state index contributed by atoms with van der Waals surface area (Å²) in [7, 11) is 0. The zero-order chi connectivity index (χ0) is 15.0. The maximum Gasteiger partial charge on any atom is 0.333 e. The lowest BCUT2D eigenvalue weighted by Crippen LogP contribution is -2.02. The van der Waals surface area contributed by atoms with Crippen LogP contribution in [-0.4, -0.2) is 9.78 Å².